The lowest BCUT2D eigenvalue weighted by Crippen LogP contribution is -2.47. The van der Waals surface area contributed by atoms with Gasteiger partial charge in [-0.3, -0.25) is 4.79 Å². The highest BCUT2D eigenvalue weighted by Crippen LogP contribution is 2.33. The predicted octanol–water partition coefficient (Wildman–Crippen LogP) is -0.338. The maximum atomic E-state index is 12.2. The molecule has 4 N–H and O–H groups in total. The Morgan fingerprint density at radius 2 is 2.35 bits per heavy atom. The molecule has 0 aromatic carbocycles. The van der Waals surface area contributed by atoms with Crippen molar-refractivity contribution in [3.8, 4) is 0 Å². The molecule has 2 aliphatic rings. The summed E-state index contributed by atoms with van der Waals surface area (Å²) >= 11 is 0. The van der Waals surface area contributed by atoms with Crippen LogP contribution >= 0.6 is 0 Å². The van der Waals surface area contributed by atoms with Gasteiger partial charge in [0.2, 0.25) is 5.91 Å². The highest BCUT2D eigenvalue weighted by Gasteiger charge is 2.43. The first-order valence-corrected chi connectivity index (χ1v) is 6.90. The Bertz CT molecular complexity index is 502. The van der Waals surface area contributed by atoms with E-state index >= 15 is 0 Å². The summed E-state index contributed by atoms with van der Waals surface area (Å²) in [6, 6.07) is -0.282. The van der Waals surface area contributed by atoms with E-state index in [2.05, 4.69) is 20.6 Å². The molecule has 0 radical (unpaired) electrons. The first-order valence-electron chi connectivity index (χ1n) is 6.90. The third kappa shape index (κ3) is 2.53. The van der Waals surface area contributed by atoms with Gasteiger partial charge in [0.25, 0.3) is 0 Å². The van der Waals surface area contributed by atoms with Gasteiger partial charge in [-0.1, -0.05) is 0 Å². The van der Waals surface area contributed by atoms with Crippen molar-refractivity contribution < 1.29 is 14.7 Å². The van der Waals surface area contributed by atoms with E-state index in [1.165, 1.54) is 6.33 Å². The molecule has 1 amide bonds. The quantitative estimate of drug-likeness (QED) is 0.589. The maximum absolute atomic E-state index is 12.2. The molecule has 4 atom stereocenters. The van der Waals surface area contributed by atoms with Crippen molar-refractivity contribution in [1.82, 2.24) is 20.6 Å². The van der Waals surface area contributed by atoms with Gasteiger partial charge in [0, 0.05) is 30.4 Å². The Morgan fingerprint density at radius 3 is 2.90 bits per heavy atom. The van der Waals surface area contributed by atoms with Crippen molar-refractivity contribution in [3.05, 3.63) is 18.2 Å². The monoisotopic (exact) mass is 278 g/mol. The first kappa shape index (κ1) is 13.1. The number of aromatic nitrogens is 2. The zero-order valence-electron chi connectivity index (χ0n) is 11.0. The highest BCUT2D eigenvalue weighted by molar-refractivity contribution is 5.86. The SMILES string of the molecule is O=C(O)C(Cc1cnc[nH]1)NC(=O)C1CC2CCC1N2. The van der Waals surface area contributed by atoms with Gasteiger partial charge in [-0.25, -0.2) is 9.78 Å². The number of carbonyl (C=O) groups excluding carboxylic acids is 1. The van der Waals surface area contributed by atoms with Gasteiger partial charge >= 0.3 is 5.97 Å². The second-order valence-electron chi connectivity index (χ2n) is 5.57. The molecular weight excluding hydrogens is 260 g/mol. The minimum absolute atomic E-state index is 0.0997. The van der Waals surface area contributed by atoms with E-state index in [0.717, 1.165) is 19.3 Å². The number of carboxylic acids is 1. The summed E-state index contributed by atoms with van der Waals surface area (Å²) in [5.41, 5.74) is 0.698. The minimum Gasteiger partial charge on any atom is -0.480 e. The van der Waals surface area contributed by atoms with Gasteiger partial charge in [-0.15, -0.1) is 0 Å². The number of rotatable bonds is 5. The molecule has 0 saturated carbocycles. The van der Waals surface area contributed by atoms with Crippen molar-refractivity contribution >= 4 is 11.9 Å². The predicted molar refractivity (Wildman–Crippen MR) is 69.9 cm³/mol. The zero-order valence-corrected chi connectivity index (χ0v) is 11.0. The van der Waals surface area contributed by atoms with Crippen molar-refractivity contribution in [3.63, 3.8) is 0 Å². The van der Waals surface area contributed by atoms with Crippen molar-refractivity contribution in [2.75, 3.05) is 0 Å². The molecule has 2 fully saturated rings. The number of aromatic amines is 1. The van der Waals surface area contributed by atoms with Gasteiger partial charge in [0.1, 0.15) is 6.04 Å². The number of nitrogens with zero attached hydrogens (tertiary/aromatic N) is 1. The largest absolute Gasteiger partial charge is 0.480 e. The second kappa shape index (κ2) is 5.24. The average Bonchev–Trinajstić information content (AvgIpc) is 3.14. The fraction of sp³-hybridized carbons (Fsp3) is 0.615. The van der Waals surface area contributed by atoms with Crippen LogP contribution in [0.2, 0.25) is 0 Å². The molecule has 108 valence electrons. The van der Waals surface area contributed by atoms with Crippen LogP contribution in [0.25, 0.3) is 0 Å². The van der Waals surface area contributed by atoms with Gasteiger partial charge in [-0.2, -0.15) is 0 Å². The van der Waals surface area contributed by atoms with Crippen molar-refractivity contribution in [1.29, 1.82) is 0 Å². The summed E-state index contributed by atoms with van der Waals surface area (Å²) < 4.78 is 0. The summed E-state index contributed by atoms with van der Waals surface area (Å²) in [6.45, 7) is 0. The summed E-state index contributed by atoms with van der Waals surface area (Å²) in [5.74, 6) is -1.28. The van der Waals surface area contributed by atoms with E-state index in [1.54, 1.807) is 6.20 Å². The molecule has 2 aliphatic heterocycles. The molecule has 1 aromatic rings. The summed E-state index contributed by atoms with van der Waals surface area (Å²) in [7, 11) is 0. The molecule has 7 nitrogen and oxygen atoms in total. The molecule has 3 rings (SSSR count). The Kier molecular flexibility index (Phi) is 3.43. The first-order chi connectivity index (χ1) is 9.63. The zero-order chi connectivity index (χ0) is 14.1. The lowest BCUT2D eigenvalue weighted by molar-refractivity contribution is -0.142. The van der Waals surface area contributed by atoms with Crippen LogP contribution in [-0.2, 0) is 16.0 Å². The number of H-pyrrole nitrogens is 1. The minimum atomic E-state index is -1.02. The van der Waals surface area contributed by atoms with Crippen LogP contribution in [0.4, 0.5) is 0 Å². The normalized spacial score (nSPS) is 29.3. The van der Waals surface area contributed by atoms with Gasteiger partial charge < -0.3 is 20.7 Å². The van der Waals surface area contributed by atoms with Crippen molar-refractivity contribution in [2.24, 2.45) is 5.92 Å². The van der Waals surface area contributed by atoms with Gasteiger partial charge in [0.05, 0.1) is 12.2 Å². The molecule has 3 heterocycles. The average molecular weight is 278 g/mol. The standard InChI is InChI=1S/C13H18N4O3/c18-12(9-3-7-1-2-10(9)16-7)17-11(13(19)20)4-8-5-14-6-15-8/h5-7,9-11,16H,1-4H2,(H,14,15)(H,17,18)(H,19,20). The van der Waals surface area contributed by atoms with E-state index in [-0.39, 0.29) is 24.3 Å². The molecular formula is C13H18N4O3. The third-order valence-corrected chi connectivity index (χ3v) is 4.23. The molecule has 2 bridgehead atoms. The Balaban J connectivity index is 1.61. The molecule has 2 saturated heterocycles. The van der Waals surface area contributed by atoms with Crippen LogP contribution in [0.15, 0.2) is 12.5 Å². The van der Waals surface area contributed by atoms with Gasteiger partial charge in [-0.05, 0) is 19.3 Å². The maximum Gasteiger partial charge on any atom is 0.326 e. The molecule has 4 unspecified atom stereocenters. The Hall–Kier alpha value is -1.89. The Morgan fingerprint density at radius 1 is 1.50 bits per heavy atom. The second-order valence-corrected chi connectivity index (χ2v) is 5.57. The number of carboxylic acid groups (broad SMARTS) is 1. The fourth-order valence-electron chi connectivity index (χ4n) is 3.21. The number of aliphatic carboxylic acids is 1. The van der Waals surface area contributed by atoms with Gasteiger partial charge in [0.15, 0.2) is 0 Å². The van der Waals surface area contributed by atoms with Crippen LogP contribution in [0, 0.1) is 5.92 Å². The van der Waals surface area contributed by atoms with Crippen LogP contribution < -0.4 is 10.6 Å². The fourth-order valence-corrected chi connectivity index (χ4v) is 3.21. The number of carbonyl (C=O) groups is 2. The topological polar surface area (TPSA) is 107 Å². The Labute approximate surface area is 116 Å². The molecule has 20 heavy (non-hydrogen) atoms. The van der Waals surface area contributed by atoms with Crippen LogP contribution in [-0.4, -0.2) is 45.1 Å². The lowest BCUT2D eigenvalue weighted by Gasteiger charge is -2.22. The van der Waals surface area contributed by atoms with E-state index in [4.69, 9.17) is 0 Å². The number of amides is 1. The van der Waals surface area contributed by atoms with E-state index in [1.807, 2.05) is 0 Å². The van der Waals surface area contributed by atoms with Crippen molar-refractivity contribution in [2.45, 2.75) is 43.8 Å². The van der Waals surface area contributed by atoms with Crippen LogP contribution in [0.1, 0.15) is 25.0 Å². The number of hydrogen-bond acceptors (Lipinski definition) is 4. The molecule has 1 aromatic heterocycles. The number of imidazole rings is 1. The number of fused-ring (bicyclic) bond motifs is 2. The number of hydrogen-bond donors (Lipinski definition) is 4. The summed E-state index contributed by atoms with van der Waals surface area (Å²) in [6.07, 6.45) is 6.21. The summed E-state index contributed by atoms with van der Waals surface area (Å²) in [4.78, 5) is 30.2. The molecule has 0 aliphatic carbocycles. The highest BCUT2D eigenvalue weighted by atomic mass is 16.4. The molecule has 7 heteroatoms. The van der Waals surface area contributed by atoms with E-state index < -0.39 is 12.0 Å². The van der Waals surface area contributed by atoms with E-state index in [9.17, 15) is 14.7 Å². The van der Waals surface area contributed by atoms with Crippen LogP contribution in [0.3, 0.4) is 0 Å². The third-order valence-electron chi connectivity index (χ3n) is 4.23. The lowest BCUT2D eigenvalue weighted by atomic mass is 9.88. The van der Waals surface area contributed by atoms with Crippen LogP contribution in [0.5, 0.6) is 0 Å². The van der Waals surface area contributed by atoms with E-state index in [0.29, 0.717) is 11.7 Å². The number of nitrogens with one attached hydrogen (secondary N) is 3. The molecule has 0 spiro atoms. The summed E-state index contributed by atoms with van der Waals surface area (Å²) in [5, 5.41) is 15.3. The smallest absolute Gasteiger partial charge is 0.326 e.